The smallest absolute Gasteiger partial charge is 0.235 e. The Morgan fingerprint density at radius 2 is 2.54 bits per heavy atom. The first-order valence-corrected chi connectivity index (χ1v) is 5.24. The number of carbonyl (C=O) groups excluding carboxylic acids is 1. The molecular formula is C8H10ClNO2S. The third kappa shape index (κ3) is 2.99. The quantitative estimate of drug-likeness (QED) is 0.747. The van der Waals surface area contributed by atoms with Crippen LogP contribution in [0.3, 0.4) is 0 Å². The van der Waals surface area contributed by atoms with E-state index in [1.54, 1.807) is 0 Å². The van der Waals surface area contributed by atoms with Gasteiger partial charge in [-0.15, -0.1) is 11.6 Å². The summed E-state index contributed by atoms with van der Waals surface area (Å²) < 4.78 is 0. The molecule has 0 saturated heterocycles. The molecule has 0 aliphatic carbocycles. The minimum absolute atomic E-state index is 0.0827. The van der Waals surface area contributed by atoms with Crippen LogP contribution < -0.4 is 5.32 Å². The molecule has 1 amide bonds. The van der Waals surface area contributed by atoms with E-state index in [0.29, 0.717) is 0 Å². The fourth-order valence-electron chi connectivity index (χ4n) is 0.941. The van der Waals surface area contributed by atoms with Gasteiger partial charge in [-0.1, -0.05) is 0 Å². The Balaban J connectivity index is 2.58. The lowest BCUT2D eigenvalue weighted by Gasteiger charge is -2.13. The number of amides is 1. The first-order chi connectivity index (χ1) is 6.27. The highest BCUT2D eigenvalue weighted by Crippen LogP contribution is 2.15. The van der Waals surface area contributed by atoms with Crippen LogP contribution in [0.1, 0.15) is 11.6 Å². The highest BCUT2D eigenvalue weighted by Gasteiger charge is 2.12. The van der Waals surface area contributed by atoms with E-state index in [1.807, 2.05) is 16.8 Å². The van der Waals surface area contributed by atoms with Crippen molar-refractivity contribution in [1.82, 2.24) is 5.32 Å². The van der Waals surface area contributed by atoms with Gasteiger partial charge < -0.3 is 10.4 Å². The number of thiophene rings is 1. The van der Waals surface area contributed by atoms with E-state index >= 15 is 0 Å². The maximum absolute atomic E-state index is 10.9. The molecule has 1 heterocycles. The number of rotatable bonds is 4. The van der Waals surface area contributed by atoms with Gasteiger partial charge in [0.1, 0.15) is 5.88 Å². The second-order valence-corrected chi connectivity index (χ2v) is 3.54. The molecule has 72 valence electrons. The first kappa shape index (κ1) is 10.5. The van der Waals surface area contributed by atoms with Crippen LogP contribution in [-0.2, 0) is 4.79 Å². The lowest BCUT2D eigenvalue weighted by molar-refractivity contribution is -0.119. The monoisotopic (exact) mass is 219 g/mol. The summed E-state index contributed by atoms with van der Waals surface area (Å²) in [5.41, 5.74) is 0.908. The molecule has 13 heavy (non-hydrogen) atoms. The zero-order valence-electron chi connectivity index (χ0n) is 6.87. The zero-order chi connectivity index (χ0) is 9.68. The standard InChI is InChI=1S/C8H10ClNO2S/c9-3-8(12)10-7(4-11)6-1-2-13-5-6/h1-2,5,7,11H,3-4H2,(H,10,12). The van der Waals surface area contributed by atoms with Crippen LogP contribution in [0.25, 0.3) is 0 Å². The largest absolute Gasteiger partial charge is 0.394 e. The SMILES string of the molecule is O=C(CCl)NC(CO)c1ccsc1. The molecule has 0 spiro atoms. The van der Waals surface area contributed by atoms with Gasteiger partial charge in [-0.3, -0.25) is 4.79 Å². The molecule has 1 aromatic rings. The van der Waals surface area contributed by atoms with Crippen LogP contribution in [-0.4, -0.2) is 23.5 Å². The molecular weight excluding hydrogens is 210 g/mol. The van der Waals surface area contributed by atoms with E-state index in [2.05, 4.69) is 5.32 Å². The van der Waals surface area contributed by atoms with Gasteiger partial charge in [-0.05, 0) is 22.4 Å². The molecule has 0 fully saturated rings. The molecule has 1 atom stereocenters. The van der Waals surface area contributed by atoms with Crippen molar-refractivity contribution in [2.45, 2.75) is 6.04 Å². The van der Waals surface area contributed by atoms with Gasteiger partial charge in [0.05, 0.1) is 12.6 Å². The fourth-order valence-corrected chi connectivity index (χ4v) is 1.73. The molecule has 1 aromatic heterocycles. The average Bonchev–Trinajstić information content (AvgIpc) is 2.66. The lowest BCUT2D eigenvalue weighted by atomic mass is 10.1. The first-order valence-electron chi connectivity index (χ1n) is 3.76. The maximum atomic E-state index is 10.9. The number of aliphatic hydroxyl groups excluding tert-OH is 1. The second-order valence-electron chi connectivity index (χ2n) is 2.49. The Morgan fingerprint density at radius 1 is 1.77 bits per heavy atom. The second kappa shape index (κ2) is 5.21. The topological polar surface area (TPSA) is 49.3 Å². The van der Waals surface area contributed by atoms with Crippen LogP contribution in [0.5, 0.6) is 0 Å². The molecule has 0 saturated carbocycles. The Kier molecular flexibility index (Phi) is 4.21. The Hall–Kier alpha value is -0.580. The van der Waals surface area contributed by atoms with E-state index in [4.69, 9.17) is 16.7 Å². The van der Waals surface area contributed by atoms with E-state index in [9.17, 15) is 4.79 Å². The Morgan fingerprint density at radius 3 is 3.00 bits per heavy atom. The van der Waals surface area contributed by atoms with E-state index in [-0.39, 0.29) is 24.4 Å². The van der Waals surface area contributed by atoms with Crippen LogP contribution in [0.2, 0.25) is 0 Å². The van der Waals surface area contributed by atoms with Crippen molar-refractivity contribution >= 4 is 28.8 Å². The fraction of sp³-hybridized carbons (Fsp3) is 0.375. The van der Waals surface area contributed by atoms with Crippen molar-refractivity contribution in [3.8, 4) is 0 Å². The van der Waals surface area contributed by atoms with Gasteiger partial charge in [0.25, 0.3) is 0 Å². The summed E-state index contributed by atoms with van der Waals surface area (Å²) in [4.78, 5) is 10.9. The van der Waals surface area contributed by atoms with Gasteiger partial charge in [-0.25, -0.2) is 0 Å². The summed E-state index contributed by atoms with van der Waals surface area (Å²) in [5.74, 6) is -0.354. The van der Waals surface area contributed by atoms with Gasteiger partial charge >= 0.3 is 0 Å². The van der Waals surface area contributed by atoms with E-state index in [0.717, 1.165) is 5.56 Å². The number of hydrogen-bond donors (Lipinski definition) is 2. The van der Waals surface area contributed by atoms with Crippen molar-refractivity contribution in [2.75, 3.05) is 12.5 Å². The van der Waals surface area contributed by atoms with Crippen molar-refractivity contribution in [3.05, 3.63) is 22.4 Å². The third-order valence-corrected chi connectivity index (χ3v) is 2.53. The minimum atomic E-state index is -0.336. The molecule has 1 unspecified atom stereocenters. The van der Waals surface area contributed by atoms with Crippen molar-refractivity contribution in [1.29, 1.82) is 0 Å². The van der Waals surface area contributed by atoms with Gasteiger partial charge in [0, 0.05) is 0 Å². The van der Waals surface area contributed by atoms with Crippen molar-refractivity contribution < 1.29 is 9.90 Å². The highest BCUT2D eigenvalue weighted by atomic mass is 35.5. The van der Waals surface area contributed by atoms with Gasteiger partial charge in [0.15, 0.2) is 0 Å². The number of hydrogen-bond acceptors (Lipinski definition) is 3. The highest BCUT2D eigenvalue weighted by molar-refractivity contribution is 7.07. The normalized spacial score (nSPS) is 12.5. The molecule has 0 aromatic carbocycles. The Bertz CT molecular complexity index is 263. The summed E-state index contributed by atoms with van der Waals surface area (Å²) >= 11 is 6.85. The van der Waals surface area contributed by atoms with Crippen LogP contribution in [0.4, 0.5) is 0 Å². The van der Waals surface area contributed by atoms with Crippen molar-refractivity contribution in [3.63, 3.8) is 0 Å². The molecule has 0 bridgehead atoms. The maximum Gasteiger partial charge on any atom is 0.235 e. The van der Waals surface area contributed by atoms with Gasteiger partial charge in [-0.2, -0.15) is 11.3 Å². The van der Waals surface area contributed by atoms with Crippen LogP contribution >= 0.6 is 22.9 Å². The predicted octanol–water partition coefficient (Wildman–Crippen LogP) is 1.14. The van der Waals surface area contributed by atoms with Crippen LogP contribution in [0, 0.1) is 0 Å². The van der Waals surface area contributed by atoms with Crippen molar-refractivity contribution in [2.24, 2.45) is 0 Å². The van der Waals surface area contributed by atoms with E-state index < -0.39 is 0 Å². The minimum Gasteiger partial charge on any atom is -0.394 e. The number of halogens is 1. The Labute approximate surface area is 85.3 Å². The van der Waals surface area contributed by atoms with E-state index in [1.165, 1.54) is 11.3 Å². The predicted molar refractivity (Wildman–Crippen MR) is 53.0 cm³/mol. The number of nitrogens with one attached hydrogen (secondary N) is 1. The summed E-state index contributed by atoms with van der Waals surface area (Å²) in [6.07, 6.45) is 0. The van der Waals surface area contributed by atoms with Crippen LogP contribution in [0.15, 0.2) is 16.8 Å². The molecule has 2 N–H and O–H groups in total. The number of carbonyl (C=O) groups is 1. The molecule has 0 aliphatic rings. The average molecular weight is 220 g/mol. The molecule has 0 radical (unpaired) electrons. The third-order valence-electron chi connectivity index (χ3n) is 1.58. The summed E-state index contributed by atoms with van der Waals surface area (Å²) in [6.45, 7) is -0.112. The molecule has 0 aliphatic heterocycles. The zero-order valence-corrected chi connectivity index (χ0v) is 8.44. The number of alkyl halides is 1. The molecule has 5 heteroatoms. The summed E-state index contributed by atoms with van der Waals surface area (Å²) in [5, 5.41) is 15.4. The molecule has 3 nitrogen and oxygen atoms in total. The summed E-state index contributed by atoms with van der Waals surface area (Å²) in [6, 6.07) is 1.53. The summed E-state index contributed by atoms with van der Waals surface area (Å²) in [7, 11) is 0. The lowest BCUT2D eigenvalue weighted by Crippen LogP contribution is -2.31. The molecule has 1 rings (SSSR count). The number of aliphatic hydroxyl groups is 1. The van der Waals surface area contributed by atoms with Gasteiger partial charge in [0.2, 0.25) is 5.91 Å².